The highest BCUT2D eigenvalue weighted by atomic mass is 16.1. The van der Waals surface area contributed by atoms with E-state index in [-0.39, 0.29) is 23.7 Å². The minimum Gasteiger partial charge on any atom is -0.299 e. The molecule has 4 nitrogen and oxygen atoms in total. The Morgan fingerprint density at radius 2 is 1.94 bits per heavy atom. The molecule has 0 aliphatic carbocycles. The maximum absolute atomic E-state index is 11.8. The van der Waals surface area contributed by atoms with Gasteiger partial charge in [-0.1, -0.05) is 32.0 Å². The van der Waals surface area contributed by atoms with E-state index in [4.69, 9.17) is 0 Å². The first kappa shape index (κ1) is 12.4. The molecular formula is C14H16N2O2. The number of ketones is 1. The number of carbonyl (C=O) groups is 1. The summed E-state index contributed by atoms with van der Waals surface area (Å²) in [4.78, 5) is 23.5. The lowest BCUT2D eigenvalue weighted by atomic mass is 10.1. The van der Waals surface area contributed by atoms with Gasteiger partial charge in [-0.2, -0.15) is 0 Å². The van der Waals surface area contributed by atoms with Crippen molar-refractivity contribution in [2.45, 2.75) is 20.3 Å². The van der Waals surface area contributed by atoms with Crippen LogP contribution in [0, 0.1) is 5.92 Å². The van der Waals surface area contributed by atoms with Crippen molar-refractivity contribution in [3.63, 3.8) is 0 Å². The fourth-order valence-electron chi connectivity index (χ4n) is 1.70. The number of Topliss-reactive ketones (excluding diaryl/α,β-unsaturated/α-hetero) is 1. The van der Waals surface area contributed by atoms with E-state index < -0.39 is 0 Å². The van der Waals surface area contributed by atoms with E-state index in [0.29, 0.717) is 5.69 Å². The van der Waals surface area contributed by atoms with Crippen molar-refractivity contribution in [2.24, 2.45) is 5.92 Å². The van der Waals surface area contributed by atoms with Gasteiger partial charge < -0.3 is 0 Å². The Kier molecular flexibility index (Phi) is 3.46. The number of H-pyrrole nitrogens is 1. The molecule has 18 heavy (non-hydrogen) atoms. The Morgan fingerprint density at radius 1 is 1.28 bits per heavy atom. The molecule has 4 heteroatoms. The van der Waals surface area contributed by atoms with E-state index in [1.165, 1.54) is 10.7 Å². The normalized spacial score (nSPS) is 10.8. The highest BCUT2D eigenvalue weighted by molar-refractivity contribution is 5.82. The van der Waals surface area contributed by atoms with Gasteiger partial charge in [-0.05, 0) is 12.1 Å². The summed E-state index contributed by atoms with van der Waals surface area (Å²) in [5.74, 6) is 0.102. The van der Waals surface area contributed by atoms with Crippen LogP contribution in [0.1, 0.15) is 19.5 Å². The summed E-state index contributed by atoms with van der Waals surface area (Å²) in [6.45, 7) is 3.71. The largest absolute Gasteiger partial charge is 0.299 e. The molecule has 0 bridgehead atoms. The van der Waals surface area contributed by atoms with Crippen LogP contribution in [-0.2, 0) is 11.2 Å². The quantitative estimate of drug-likeness (QED) is 0.893. The summed E-state index contributed by atoms with van der Waals surface area (Å²) in [5.41, 5.74) is 1.28. The Bertz CT molecular complexity index is 594. The Morgan fingerprint density at radius 3 is 2.56 bits per heavy atom. The van der Waals surface area contributed by atoms with Crippen molar-refractivity contribution >= 4 is 5.78 Å². The van der Waals surface area contributed by atoms with Crippen molar-refractivity contribution < 1.29 is 4.79 Å². The summed E-state index contributed by atoms with van der Waals surface area (Å²) in [6, 6.07) is 10.8. The van der Waals surface area contributed by atoms with E-state index in [1.54, 1.807) is 0 Å². The maximum Gasteiger partial charge on any atom is 0.271 e. The molecule has 0 aliphatic heterocycles. The lowest BCUT2D eigenvalue weighted by Gasteiger charge is -2.03. The van der Waals surface area contributed by atoms with Gasteiger partial charge in [0.25, 0.3) is 5.56 Å². The highest BCUT2D eigenvalue weighted by Gasteiger charge is 2.11. The van der Waals surface area contributed by atoms with Crippen LogP contribution in [0.4, 0.5) is 0 Å². The van der Waals surface area contributed by atoms with Crippen LogP contribution in [0.5, 0.6) is 0 Å². The fraction of sp³-hybridized carbons (Fsp3) is 0.286. The number of benzene rings is 1. The van der Waals surface area contributed by atoms with Gasteiger partial charge in [0.2, 0.25) is 0 Å². The first-order chi connectivity index (χ1) is 8.58. The van der Waals surface area contributed by atoms with Crippen LogP contribution in [0.15, 0.2) is 41.2 Å². The smallest absolute Gasteiger partial charge is 0.271 e. The number of hydrogen-bond acceptors (Lipinski definition) is 2. The molecule has 2 rings (SSSR count). The van der Waals surface area contributed by atoms with E-state index >= 15 is 0 Å². The molecule has 0 saturated heterocycles. The molecule has 1 heterocycles. The molecule has 0 amide bonds. The van der Waals surface area contributed by atoms with E-state index in [1.807, 2.05) is 44.2 Å². The van der Waals surface area contributed by atoms with Gasteiger partial charge in [-0.3, -0.25) is 14.7 Å². The molecule has 94 valence electrons. The zero-order valence-corrected chi connectivity index (χ0v) is 10.5. The molecule has 2 aromatic rings. The van der Waals surface area contributed by atoms with Crippen LogP contribution in [0.3, 0.4) is 0 Å². The molecule has 1 N–H and O–H groups in total. The molecule has 1 aromatic heterocycles. The lowest BCUT2D eigenvalue weighted by molar-refractivity contribution is -0.121. The summed E-state index contributed by atoms with van der Waals surface area (Å²) in [5, 5.41) is 2.97. The summed E-state index contributed by atoms with van der Waals surface area (Å²) < 4.78 is 1.45. The molecule has 0 unspecified atom stereocenters. The zero-order chi connectivity index (χ0) is 13.1. The van der Waals surface area contributed by atoms with Crippen molar-refractivity contribution in [1.29, 1.82) is 0 Å². The second-order valence-corrected chi connectivity index (χ2v) is 4.59. The van der Waals surface area contributed by atoms with Gasteiger partial charge in [0.1, 0.15) is 5.78 Å². The van der Waals surface area contributed by atoms with E-state index in [9.17, 15) is 9.59 Å². The van der Waals surface area contributed by atoms with Gasteiger partial charge in [0, 0.05) is 24.1 Å². The number of carbonyl (C=O) groups excluding carboxylic acids is 1. The predicted octanol–water partition coefficient (Wildman–Crippen LogP) is 1.93. The predicted molar refractivity (Wildman–Crippen MR) is 69.9 cm³/mol. The number of aromatic amines is 1. The summed E-state index contributed by atoms with van der Waals surface area (Å²) in [6.07, 6.45) is 0.271. The Balaban J connectivity index is 2.28. The van der Waals surface area contributed by atoms with Gasteiger partial charge in [-0.15, -0.1) is 0 Å². The number of rotatable bonds is 4. The minimum absolute atomic E-state index is 0.0198. The van der Waals surface area contributed by atoms with E-state index in [2.05, 4.69) is 5.10 Å². The average Bonchev–Trinajstić information content (AvgIpc) is 2.71. The third-order valence-corrected chi connectivity index (χ3v) is 2.80. The molecule has 0 fully saturated rings. The summed E-state index contributed by atoms with van der Waals surface area (Å²) in [7, 11) is 0. The molecule has 0 spiro atoms. The van der Waals surface area contributed by atoms with Crippen LogP contribution in [0.25, 0.3) is 5.69 Å². The number of aromatic nitrogens is 2. The van der Waals surface area contributed by atoms with Crippen LogP contribution in [0.2, 0.25) is 0 Å². The SMILES string of the molecule is CC(C)C(=O)Cc1cc(=O)n(-c2ccccc2)[nH]1. The monoisotopic (exact) mass is 244 g/mol. The van der Waals surface area contributed by atoms with Crippen molar-refractivity contribution in [2.75, 3.05) is 0 Å². The highest BCUT2D eigenvalue weighted by Crippen LogP contribution is 2.05. The Hall–Kier alpha value is -2.10. The van der Waals surface area contributed by atoms with Crippen LogP contribution < -0.4 is 5.56 Å². The third kappa shape index (κ3) is 2.59. The molecular weight excluding hydrogens is 228 g/mol. The second-order valence-electron chi connectivity index (χ2n) is 4.59. The fourth-order valence-corrected chi connectivity index (χ4v) is 1.70. The maximum atomic E-state index is 11.8. The molecule has 0 saturated carbocycles. The first-order valence-electron chi connectivity index (χ1n) is 5.97. The average molecular weight is 244 g/mol. The third-order valence-electron chi connectivity index (χ3n) is 2.80. The molecule has 0 aliphatic rings. The first-order valence-corrected chi connectivity index (χ1v) is 5.97. The minimum atomic E-state index is -0.146. The second kappa shape index (κ2) is 5.04. The lowest BCUT2D eigenvalue weighted by Crippen LogP contribution is -2.13. The number of hydrogen-bond donors (Lipinski definition) is 1. The zero-order valence-electron chi connectivity index (χ0n) is 10.5. The topological polar surface area (TPSA) is 54.9 Å². The van der Waals surface area contributed by atoms with Crippen molar-refractivity contribution in [3.05, 3.63) is 52.4 Å². The van der Waals surface area contributed by atoms with Crippen molar-refractivity contribution in [3.8, 4) is 5.69 Å². The summed E-state index contributed by atoms with van der Waals surface area (Å²) >= 11 is 0. The van der Waals surface area contributed by atoms with Gasteiger partial charge in [0.05, 0.1) is 5.69 Å². The number of nitrogens with one attached hydrogen (secondary N) is 1. The molecule has 1 aromatic carbocycles. The van der Waals surface area contributed by atoms with E-state index in [0.717, 1.165) is 5.69 Å². The van der Waals surface area contributed by atoms with Crippen LogP contribution in [-0.4, -0.2) is 15.6 Å². The van der Waals surface area contributed by atoms with Crippen LogP contribution >= 0.6 is 0 Å². The molecule has 0 radical (unpaired) electrons. The van der Waals surface area contributed by atoms with Gasteiger partial charge in [-0.25, -0.2) is 4.68 Å². The van der Waals surface area contributed by atoms with Gasteiger partial charge in [0.15, 0.2) is 0 Å². The molecule has 0 atom stereocenters. The number of nitrogens with zero attached hydrogens (tertiary/aromatic N) is 1. The standard InChI is InChI=1S/C14H16N2O2/c1-10(2)13(17)8-11-9-14(18)16(15-11)12-6-4-3-5-7-12/h3-7,9-10,15H,8H2,1-2H3. The number of para-hydroxylation sites is 1. The van der Waals surface area contributed by atoms with Gasteiger partial charge >= 0.3 is 0 Å². The Labute approximate surface area is 105 Å². The van der Waals surface area contributed by atoms with Crippen molar-refractivity contribution in [1.82, 2.24) is 9.78 Å².